The van der Waals surface area contributed by atoms with Crippen LogP contribution in [0.15, 0.2) is 36.5 Å². The van der Waals surface area contributed by atoms with E-state index in [1.54, 1.807) is 33.4 Å². The topological polar surface area (TPSA) is 85.4 Å². The number of aromatic nitrogens is 1. The summed E-state index contributed by atoms with van der Waals surface area (Å²) in [4.78, 5) is 22.2. The van der Waals surface area contributed by atoms with Gasteiger partial charge >= 0.3 is 5.97 Å². The first-order valence-electron chi connectivity index (χ1n) is 12.2. The molecule has 1 saturated heterocycles. The zero-order valence-electron chi connectivity index (χ0n) is 21.6. The minimum atomic E-state index is -0.447. The Morgan fingerprint density at radius 3 is 2.44 bits per heavy atom. The van der Waals surface area contributed by atoms with Crippen LogP contribution in [0.5, 0.6) is 17.2 Å². The van der Waals surface area contributed by atoms with Crippen LogP contribution in [-0.4, -0.2) is 76.5 Å². The van der Waals surface area contributed by atoms with E-state index in [0.29, 0.717) is 40.6 Å². The molecule has 2 aromatic carbocycles. The lowest BCUT2D eigenvalue weighted by Gasteiger charge is -2.35. The van der Waals surface area contributed by atoms with Gasteiger partial charge in [-0.1, -0.05) is 0 Å². The van der Waals surface area contributed by atoms with E-state index in [9.17, 15) is 4.79 Å². The predicted octanol–water partition coefficient (Wildman–Crippen LogP) is 4.32. The highest BCUT2D eigenvalue weighted by Gasteiger charge is 2.23. The number of anilines is 3. The van der Waals surface area contributed by atoms with E-state index >= 15 is 0 Å². The lowest BCUT2D eigenvalue weighted by molar-refractivity contribution is 0.0527. The van der Waals surface area contributed by atoms with Gasteiger partial charge in [0.1, 0.15) is 22.8 Å². The van der Waals surface area contributed by atoms with Gasteiger partial charge in [0, 0.05) is 49.9 Å². The van der Waals surface area contributed by atoms with Crippen LogP contribution in [0, 0.1) is 0 Å². The second kappa shape index (κ2) is 11.3. The van der Waals surface area contributed by atoms with E-state index in [0.717, 1.165) is 43.0 Å². The molecule has 192 valence electrons. The first-order chi connectivity index (χ1) is 17.5. The zero-order chi connectivity index (χ0) is 25.7. The van der Waals surface area contributed by atoms with Crippen molar-refractivity contribution in [2.45, 2.75) is 13.8 Å². The van der Waals surface area contributed by atoms with Gasteiger partial charge in [0.15, 0.2) is 0 Å². The number of carbonyl (C=O) groups excluding carboxylic acids is 1. The maximum absolute atomic E-state index is 13.0. The Hall–Kier alpha value is -3.72. The normalized spacial score (nSPS) is 14.0. The number of hydrogen-bond donors (Lipinski definition) is 1. The molecule has 0 radical (unpaired) electrons. The van der Waals surface area contributed by atoms with Crippen LogP contribution in [0.25, 0.3) is 10.9 Å². The summed E-state index contributed by atoms with van der Waals surface area (Å²) in [5.41, 5.74) is 3.31. The maximum atomic E-state index is 13.0. The summed E-state index contributed by atoms with van der Waals surface area (Å²) in [5, 5.41) is 4.21. The average Bonchev–Trinajstić information content (AvgIpc) is 2.89. The van der Waals surface area contributed by atoms with Crippen molar-refractivity contribution in [1.82, 2.24) is 9.88 Å². The fourth-order valence-corrected chi connectivity index (χ4v) is 4.31. The van der Waals surface area contributed by atoms with Crippen molar-refractivity contribution < 1.29 is 23.7 Å². The van der Waals surface area contributed by atoms with Crippen LogP contribution in [0.3, 0.4) is 0 Å². The summed E-state index contributed by atoms with van der Waals surface area (Å²) in [7, 11) is 5.32. The van der Waals surface area contributed by atoms with Crippen molar-refractivity contribution in [3.05, 3.63) is 42.1 Å². The predicted molar refractivity (Wildman–Crippen MR) is 141 cm³/mol. The van der Waals surface area contributed by atoms with Gasteiger partial charge in [0.25, 0.3) is 0 Å². The molecule has 9 nitrogen and oxygen atoms in total. The molecule has 9 heteroatoms. The molecule has 1 fully saturated rings. The van der Waals surface area contributed by atoms with E-state index in [4.69, 9.17) is 18.9 Å². The Balaban J connectivity index is 1.89. The molecular weight excluding hydrogens is 460 g/mol. The van der Waals surface area contributed by atoms with Crippen LogP contribution >= 0.6 is 0 Å². The number of nitrogens with one attached hydrogen (secondary N) is 1. The third-order valence-corrected chi connectivity index (χ3v) is 6.26. The number of carbonyl (C=O) groups is 1. The number of ether oxygens (including phenoxy) is 4. The molecule has 2 heterocycles. The quantitative estimate of drug-likeness (QED) is 0.437. The average molecular weight is 495 g/mol. The van der Waals surface area contributed by atoms with Gasteiger partial charge in [-0.05, 0) is 39.1 Å². The summed E-state index contributed by atoms with van der Waals surface area (Å²) >= 11 is 0. The van der Waals surface area contributed by atoms with E-state index < -0.39 is 5.97 Å². The molecule has 0 unspecified atom stereocenters. The first-order valence-corrected chi connectivity index (χ1v) is 12.2. The molecule has 3 aromatic rings. The van der Waals surface area contributed by atoms with E-state index in [1.807, 2.05) is 25.1 Å². The van der Waals surface area contributed by atoms with Gasteiger partial charge in [-0.2, -0.15) is 0 Å². The van der Waals surface area contributed by atoms with Crippen molar-refractivity contribution in [2.24, 2.45) is 0 Å². The SMILES string of the molecule is CCOC(=O)c1cnc2cc(OCC)c(N3CCN(C)CC3)cc2c1Nc1ccc(OC)cc1OC. The highest BCUT2D eigenvalue weighted by Crippen LogP contribution is 2.40. The van der Waals surface area contributed by atoms with Crippen molar-refractivity contribution >= 4 is 33.9 Å². The fraction of sp³-hybridized carbons (Fsp3) is 0.407. The lowest BCUT2D eigenvalue weighted by Crippen LogP contribution is -2.44. The van der Waals surface area contributed by atoms with Gasteiger partial charge in [-0.25, -0.2) is 4.79 Å². The molecule has 0 atom stereocenters. The third kappa shape index (κ3) is 5.26. The Morgan fingerprint density at radius 2 is 1.78 bits per heavy atom. The van der Waals surface area contributed by atoms with Crippen LogP contribution < -0.4 is 24.4 Å². The summed E-state index contributed by atoms with van der Waals surface area (Å²) in [5.74, 6) is 1.58. The molecular formula is C27H34N4O5. The number of pyridine rings is 1. The molecule has 0 spiro atoms. The minimum Gasteiger partial charge on any atom is -0.497 e. The lowest BCUT2D eigenvalue weighted by atomic mass is 10.1. The van der Waals surface area contributed by atoms with Crippen LogP contribution in [-0.2, 0) is 4.74 Å². The van der Waals surface area contributed by atoms with Gasteiger partial charge in [-0.3, -0.25) is 4.98 Å². The second-order valence-electron chi connectivity index (χ2n) is 8.52. The standard InChI is InChI=1S/C27H34N4O5/c1-6-35-25-16-22-19(15-23(25)31-12-10-30(3)11-13-31)26(20(17-28-22)27(32)36-7-2)29-21-9-8-18(33-4)14-24(21)34-5/h8-9,14-17H,6-7,10-13H2,1-5H3,(H,28,29). The first kappa shape index (κ1) is 25.4. The summed E-state index contributed by atoms with van der Waals surface area (Å²) in [6, 6.07) is 9.48. The van der Waals surface area contributed by atoms with E-state index in [-0.39, 0.29) is 6.61 Å². The monoisotopic (exact) mass is 494 g/mol. The van der Waals surface area contributed by atoms with Gasteiger partial charge in [0.05, 0.1) is 50.0 Å². The summed E-state index contributed by atoms with van der Waals surface area (Å²) < 4.78 is 22.3. The fourth-order valence-electron chi connectivity index (χ4n) is 4.31. The van der Waals surface area contributed by atoms with E-state index in [2.05, 4.69) is 33.2 Å². The largest absolute Gasteiger partial charge is 0.497 e. The van der Waals surface area contributed by atoms with E-state index in [1.165, 1.54) is 0 Å². The van der Waals surface area contributed by atoms with Crippen molar-refractivity contribution in [3.8, 4) is 17.2 Å². The Bertz CT molecular complexity index is 1220. The molecule has 1 aromatic heterocycles. The molecule has 4 rings (SSSR count). The number of likely N-dealkylation sites (N-methyl/N-ethyl adjacent to an activating group) is 1. The molecule has 0 amide bonds. The number of rotatable bonds is 9. The van der Waals surface area contributed by atoms with Crippen LogP contribution in [0.2, 0.25) is 0 Å². The number of benzene rings is 2. The number of nitrogens with zero attached hydrogens (tertiary/aromatic N) is 3. The molecule has 1 N–H and O–H groups in total. The second-order valence-corrected chi connectivity index (χ2v) is 8.52. The molecule has 0 bridgehead atoms. The van der Waals surface area contributed by atoms with Crippen molar-refractivity contribution in [3.63, 3.8) is 0 Å². The van der Waals surface area contributed by atoms with Crippen molar-refractivity contribution in [2.75, 3.05) is 70.9 Å². The minimum absolute atomic E-state index is 0.262. The number of methoxy groups -OCH3 is 2. The van der Waals surface area contributed by atoms with Gasteiger partial charge < -0.3 is 34.1 Å². The number of hydrogen-bond acceptors (Lipinski definition) is 9. The van der Waals surface area contributed by atoms with Crippen LogP contribution in [0.4, 0.5) is 17.1 Å². The number of esters is 1. The molecule has 1 aliphatic rings. The van der Waals surface area contributed by atoms with Gasteiger partial charge in [0.2, 0.25) is 0 Å². The Morgan fingerprint density at radius 1 is 1.00 bits per heavy atom. The Labute approximate surface area is 211 Å². The molecule has 36 heavy (non-hydrogen) atoms. The zero-order valence-corrected chi connectivity index (χ0v) is 21.6. The van der Waals surface area contributed by atoms with Crippen LogP contribution in [0.1, 0.15) is 24.2 Å². The molecule has 0 saturated carbocycles. The summed E-state index contributed by atoms with van der Waals surface area (Å²) in [6.07, 6.45) is 1.55. The molecule has 0 aliphatic carbocycles. The maximum Gasteiger partial charge on any atom is 0.341 e. The summed E-state index contributed by atoms with van der Waals surface area (Å²) in [6.45, 7) is 8.23. The molecule has 1 aliphatic heterocycles. The number of fused-ring (bicyclic) bond motifs is 1. The third-order valence-electron chi connectivity index (χ3n) is 6.26. The highest BCUT2D eigenvalue weighted by atomic mass is 16.5. The van der Waals surface area contributed by atoms with Crippen molar-refractivity contribution in [1.29, 1.82) is 0 Å². The Kier molecular flexibility index (Phi) is 8.00. The highest BCUT2D eigenvalue weighted by molar-refractivity contribution is 6.07. The smallest absolute Gasteiger partial charge is 0.341 e. The van der Waals surface area contributed by atoms with Gasteiger partial charge in [-0.15, -0.1) is 0 Å². The number of piperazine rings is 1.